The molecule has 1 saturated heterocycles. The van der Waals surface area contributed by atoms with Gasteiger partial charge in [-0.2, -0.15) is 10.1 Å². The quantitative estimate of drug-likeness (QED) is 0.769. The molecule has 1 aliphatic heterocycles. The summed E-state index contributed by atoms with van der Waals surface area (Å²) in [7, 11) is 3.28. The number of rotatable bonds is 5. The molecular formula is C18H24N6O4. The van der Waals surface area contributed by atoms with Crippen molar-refractivity contribution >= 4 is 11.8 Å². The van der Waals surface area contributed by atoms with Crippen LogP contribution in [-0.4, -0.2) is 69.5 Å². The molecule has 28 heavy (non-hydrogen) atoms. The Balaban J connectivity index is 1.54. The first kappa shape index (κ1) is 18.6. The molecular weight excluding hydrogens is 364 g/mol. The number of fused-ring (bicyclic) bond motifs is 1. The van der Waals surface area contributed by atoms with E-state index in [9.17, 15) is 9.59 Å². The van der Waals surface area contributed by atoms with Gasteiger partial charge < -0.3 is 19.5 Å². The van der Waals surface area contributed by atoms with Crippen molar-refractivity contribution in [2.45, 2.75) is 31.2 Å². The topological polar surface area (TPSA) is 115 Å². The minimum absolute atomic E-state index is 0.0471. The fourth-order valence-corrected chi connectivity index (χ4v) is 4.51. The van der Waals surface area contributed by atoms with E-state index in [1.807, 2.05) is 0 Å². The number of hydrogen-bond acceptors (Lipinski definition) is 7. The second-order valence-electron chi connectivity index (χ2n) is 7.69. The van der Waals surface area contributed by atoms with Gasteiger partial charge in [0.15, 0.2) is 5.82 Å². The van der Waals surface area contributed by atoms with Crippen molar-refractivity contribution in [3.63, 3.8) is 0 Å². The number of aryl methyl sites for hydroxylation is 2. The second-order valence-corrected chi connectivity index (χ2v) is 7.69. The molecule has 3 atom stereocenters. The summed E-state index contributed by atoms with van der Waals surface area (Å²) in [6.45, 7) is 2.89. The van der Waals surface area contributed by atoms with E-state index < -0.39 is 5.41 Å². The molecule has 0 radical (unpaired) electrons. The van der Waals surface area contributed by atoms with Crippen molar-refractivity contribution < 1.29 is 18.8 Å². The molecule has 1 aliphatic carbocycles. The summed E-state index contributed by atoms with van der Waals surface area (Å²) in [5.74, 6) is 0.974. The van der Waals surface area contributed by atoms with E-state index in [-0.39, 0.29) is 30.4 Å². The van der Waals surface area contributed by atoms with Gasteiger partial charge in [0.05, 0.1) is 5.41 Å². The minimum atomic E-state index is -0.452. The Morgan fingerprint density at radius 3 is 2.93 bits per heavy atom. The van der Waals surface area contributed by atoms with Gasteiger partial charge in [-0.25, -0.2) is 0 Å². The van der Waals surface area contributed by atoms with Gasteiger partial charge in [-0.3, -0.25) is 14.3 Å². The maximum absolute atomic E-state index is 12.5. The predicted octanol–water partition coefficient (Wildman–Crippen LogP) is 0.0465. The van der Waals surface area contributed by atoms with Gasteiger partial charge in [-0.05, 0) is 31.7 Å². The van der Waals surface area contributed by atoms with Crippen LogP contribution in [0.1, 0.15) is 35.0 Å². The van der Waals surface area contributed by atoms with Crippen LogP contribution in [0.2, 0.25) is 0 Å². The molecule has 2 aromatic rings. The van der Waals surface area contributed by atoms with E-state index in [0.717, 1.165) is 6.42 Å². The van der Waals surface area contributed by atoms with Crippen LogP contribution in [0.4, 0.5) is 0 Å². The third-order valence-corrected chi connectivity index (χ3v) is 5.73. The number of nitrogens with zero attached hydrogens (tertiary/aromatic N) is 5. The number of carbonyl (C=O) groups excluding carboxylic acids is 2. The Kier molecular flexibility index (Phi) is 4.66. The molecule has 1 unspecified atom stereocenters. The SMILES string of the molecule is COCC(=O)N1CC2C[C@@H](NC(=O)c3ccn(C)n3)C[C@]2(c2nc(C)no2)C1. The van der Waals surface area contributed by atoms with Gasteiger partial charge in [0.25, 0.3) is 5.91 Å². The number of nitrogens with one attached hydrogen (secondary N) is 1. The Bertz CT molecular complexity index is 892. The van der Waals surface area contributed by atoms with E-state index in [2.05, 4.69) is 20.6 Å². The number of amides is 2. The van der Waals surface area contributed by atoms with Gasteiger partial charge in [-0.15, -0.1) is 0 Å². The van der Waals surface area contributed by atoms with Crippen molar-refractivity contribution in [3.8, 4) is 0 Å². The Morgan fingerprint density at radius 2 is 2.29 bits per heavy atom. The van der Waals surface area contributed by atoms with Crippen LogP contribution in [0.15, 0.2) is 16.8 Å². The normalized spacial score (nSPS) is 26.5. The fraction of sp³-hybridized carbons (Fsp3) is 0.611. The summed E-state index contributed by atoms with van der Waals surface area (Å²) in [5, 5.41) is 11.2. The molecule has 0 bridgehead atoms. The number of aromatic nitrogens is 4. The summed E-state index contributed by atoms with van der Waals surface area (Å²) in [6, 6.07) is 1.64. The third kappa shape index (κ3) is 3.17. The maximum atomic E-state index is 12.5. The number of likely N-dealkylation sites (tertiary alicyclic amines) is 1. The standard InChI is InChI=1S/C18H24N6O4/c1-11-19-17(28-22-11)18-7-13(20-16(26)14-4-5-23(2)21-14)6-12(18)8-24(10-18)15(25)9-27-3/h4-5,12-13H,6-10H2,1-3H3,(H,20,26)/t12?,13-,18+/m1/s1. The number of hydrogen-bond donors (Lipinski definition) is 1. The first-order chi connectivity index (χ1) is 13.4. The van der Waals surface area contributed by atoms with E-state index in [1.165, 1.54) is 7.11 Å². The molecule has 0 aromatic carbocycles. The molecule has 10 nitrogen and oxygen atoms in total. The summed E-state index contributed by atoms with van der Waals surface area (Å²) in [4.78, 5) is 31.1. The van der Waals surface area contributed by atoms with E-state index in [4.69, 9.17) is 9.26 Å². The lowest BCUT2D eigenvalue weighted by atomic mass is 9.80. The Labute approximate surface area is 162 Å². The summed E-state index contributed by atoms with van der Waals surface area (Å²) in [6.07, 6.45) is 3.10. The summed E-state index contributed by atoms with van der Waals surface area (Å²) < 4.78 is 12.1. The highest BCUT2D eigenvalue weighted by molar-refractivity contribution is 5.92. The Morgan fingerprint density at radius 1 is 1.46 bits per heavy atom. The lowest BCUT2D eigenvalue weighted by molar-refractivity contribution is -0.134. The van der Waals surface area contributed by atoms with Crippen molar-refractivity contribution in [2.24, 2.45) is 13.0 Å². The average molecular weight is 388 g/mol. The van der Waals surface area contributed by atoms with Crippen molar-refractivity contribution in [1.82, 2.24) is 30.1 Å². The Hall–Kier alpha value is -2.75. The summed E-state index contributed by atoms with van der Waals surface area (Å²) in [5.41, 5.74) is -0.0636. The number of ether oxygens (including phenoxy) is 1. The lowest BCUT2D eigenvalue weighted by Gasteiger charge is -2.25. The highest BCUT2D eigenvalue weighted by atomic mass is 16.5. The highest BCUT2D eigenvalue weighted by Gasteiger charge is 2.58. The van der Waals surface area contributed by atoms with Crippen LogP contribution >= 0.6 is 0 Å². The van der Waals surface area contributed by atoms with Crippen LogP contribution in [0.3, 0.4) is 0 Å². The van der Waals surface area contributed by atoms with Crippen LogP contribution in [0.25, 0.3) is 0 Å². The average Bonchev–Trinajstić information content (AvgIpc) is 3.38. The van der Waals surface area contributed by atoms with E-state index >= 15 is 0 Å². The zero-order chi connectivity index (χ0) is 19.9. The molecule has 2 aliphatic rings. The fourth-order valence-electron chi connectivity index (χ4n) is 4.51. The van der Waals surface area contributed by atoms with Crippen LogP contribution in [0, 0.1) is 12.8 Å². The van der Waals surface area contributed by atoms with Crippen LogP contribution in [0.5, 0.6) is 0 Å². The molecule has 1 N–H and O–H groups in total. The predicted molar refractivity (Wildman–Crippen MR) is 96.4 cm³/mol. The third-order valence-electron chi connectivity index (χ3n) is 5.73. The highest BCUT2D eigenvalue weighted by Crippen LogP contribution is 2.50. The summed E-state index contributed by atoms with van der Waals surface area (Å²) >= 11 is 0. The molecule has 2 aromatic heterocycles. The molecule has 10 heteroatoms. The van der Waals surface area contributed by atoms with Crippen molar-refractivity contribution in [2.75, 3.05) is 26.8 Å². The van der Waals surface area contributed by atoms with Gasteiger partial charge in [0.1, 0.15) is 12.3 Å². The maximum Gasteiger partial charge on any atom is 0.271 e. The minimum Gasteiger partial charge on any atom is -0.375 e. The first-order valence-electron chi connectivity index (χ1n) is 9.29. The molecule has 2 fully saturated rings. The number of carbonyl (C=O) groups is 2. The molecule has 0 spiro atoms. The van der Waals surface area contributed by atoms with Gasteiger partial charge in [-0.1, -0.05) is 5.16 Å². The zero-order valence-corrected chi connectivity index (χ0v) is 16.2. The first-order valence-corrected chi connectivity index (χ1v) is 9.29. The zero-order valence-electron chi connectivity index (χ0n) is 16.2. The van der Waals surface area contributed by atoms with Crippen LogP contribution in [-0.2, 0) is 22.0 Å². The van der Waals surface area contributed by atoms with Crippen molar-refractivity contribution in [3.05, 3.63) is 29.7 Å². The van der Waals surface area contributed by atoms with Gasteiger partial charge in [0, 0.05) is 39.5 Å². The molecule has 1 saturated carbocycles. The monoisotopic (exact) mass is 388 g/mol. The largest absolute Gasteiger partial charge is 0.375 e. The van der Waals surface area contributed by atoms with E-state index in [0.29, 0.717) is 36.9 Å². The van der Waals surface area contributed by atoms with Gasteiger partial charge in [0.2, 0.25) is 11.8 Å². The molecule has 2 amide bonds. The van der Waals surface area contributed by atoms with E-state index in [1.54, 1.807) is 35.8 Å². The van der Waals surface area contributed by atoms with Crippen molar-refractivity contribution in [1.29, 1.82) is 0 Å². The molecule has 150 valence electrons. The smallest absolute Gasteiger partial charge is 0.271 e. The second kappa shape index (κ2) is 7.01. The molecule has 4 rings (SSSR count). The number of methoxy groups -OCH3 is 1. The lowest BCUT2D eigenvalue weighted by Crippen LogP contribution is -2.40. The van der Waals surface area contributed by atoms with Gasteiger partial charge >= 0.3 is 0 Å². The molecule has 3 heterocycles. The van der Waals surface area contributed by atoms with Crippen LogP contribution < -0.4 is 5.32 Å².